The standard InChI is InChI=1S/C25H22F3N3O4/c1-31-22(14-6-5-9-29-13-14)21(17-11-19(34-2)20(35-3)12-18(17)24(31)33)23(32)30-16-8-4-7-15(10-16)25(26,27)28/h4-13,21-22H,1-3H3,(H,30,32). The summed E-state index contributed by atoms with van der Waals surface area (Å²) in [5, 5.41) is 2.60. The minimum atomic E-state index is -4.56. The molecule has 0 saturated heterocycles. The van der Waals surface area contributed by atoms with Gasteiger partial charge in [-0.05, 0) is 47.5 Å². The highest BCUT2D eigenvalue weighted by atomic mass is 19.4. The van der Waals surface area contributed by atoms with Crippen LogP contribution < -0.4 is 14.8 Å². The Morgan fingerprint density at radius 1 is 1.06 bits per heavy atom. The van der Waals surface area contributed by atoms with Crippen LogP contribution in [0.15, 0.2) is 60.9 Å². The molecule has 2 aromatic carbocycles. The van der Waals surface area contributed by atoms with Crippen LogP contribution in [0.1, 0.15) is 39.0 Å². The molecule has 1 N–H and O–H groups in total. The molecule has 1 aliphatic heterocycles. The molecule has 0 spiro atoms. The maximum absolute atomic E-state index is 13.7. The predicted molar refractivity (Wildman–Crippen MR) is 121 cm³/mol. The second-order valence-corrected chi connectivity index (χ2v) is 7.99. The number of pyridine rings is 1. The molecule has 1 aliphatic rings. The third-order valence-corrected chi connectivity index (χ3v) is 5.94. The SMILES string of the molecule is COc1cc2c(cc1OC)C(C(=O)Nc1cccc(C(F)(F)F)c1)C(c1cccnc1)N(C)C2=O. The van der Waals surface area contributed by atoms with Gasteiger partial charge in [0.2, 0.25) is 5.91 Å². The number of anilines is 1. The largest absolute Gasteiger partial charge is 0.493 e. The first-order valence-corrected chi connectivity index (χ1v) is 10.6. The molecule has 182 valence electrons. The van der Waals surface area contributed by atoms with Gasteiger partial charge in [-0.3, -0.25) is 14.6 Å². The lowest BCUT2D eigenvalue weighted by Gasteiger charge is -2.39. The number of likely N-dealkylation sites (N-methyl/N-ethyl adjacent to an activating group) is 1. The highest BCUT2D eigenvalue weighted by Crippen LogP contribution is 2.46. The zero-order valence-corrected chi connectivity index (χ0v) is 19.1. The summed E-state index contributed by atoms with van der Waals surface area (Å²) >= 11 is 0. The van der Waals surface area contributed by atoms with Gasteiger partial charge in [0.1, 0.15) is 0 Å². The molecule has 4 rings (SSSR count). The predicted octanol–water partition coefficient (Wildman–Crippen LogP) is 4.67. The van der Waals surface area contributed by atoms with Crippen molar-refractivity contribution in [2.75, 3.05) is 26.6 Å². The van der Waals surface area contributed by atoms with Crippen molar-refractivity contribution in [1.82, 2.24) is 9.88 Å². The fourth-order valence-electron chi connectivity index (χ4n) is 4.29. The van der Waals surface area contributed by atoms with Gasteiger partial charge in [-0.15, -0.1) is 0 Å². The second kappa shape index (κ2) is 9.28. The molecule has 1 aromatic heterocycles. The molecule has 7 nitrogen and oxygen atoms in total. The molecule has 2 amide bonds. The number of hydrogen-bond acceptors (Lipinski definition) is 5. The summed E-state index contributed by atoms with van der Waals surface area (Å²) in [5.74, 6) is -1.30. The van der Waals surface area contributed by atoms with Gasteiger partial charge in [0.05, 0.1) is 31.7 Å². The van der Waals surface area contributed by atoms with Crippen LogP contribution in [0.4, 0.5) is 18.9 Å². The van der Waals surface area contributed by atoms with E-state index in [1.54, 1.807) is 37.6 Å². The van der Waals surface area contributed by atoms with Gasteiger partial charge in [-0.1, -0.05) is 12.1 Å². The minimum absolute atomic E-state index is 0.0173. The molecule has 0 fully saturated rings. The van der Waals surface area contributed by atoms with Crippen LogP contribution in [-0.4, -0.2) is 43.0 Å². The number of methoxy groups -OCH3 is 2. The van der Waals surface area contributed by atoms with Crippen molar-refractivity contribution in [3.05, 3.63) is 83.2 Å². The number of amides is 2. The van der Waals surface area contributed by atoms with Gasteiger partial charge < -0.3 is 19.7 Å². The Hall–Kier alpha value is -4.08. The Kier molecular flexibility index (Phi) is 6.38. The molecule has 0 saturated carbocycles. The van der Waals surface area contributed by atoms with Gasteiger partial charge in [-0.2, -0.15) is 13.2 Å². The number of ether oxygens (including phenoxy) is 2. The second-order valence-electron chi connectivity index (χ2n) is 7.99. The number of alkyl halides is 3. The topological polar surface area (TPSA) is 80.8 Å². The van der Waals surface area contributed by atoms with Crippen molar-refractivity contribution in [2.45, 2.75) is 18.1 Å². The van der Waals surface area contributed by atoms with Crippen molar-refractivity contribution < 1.29 is 32.2 Å². The average molecular weight is 485 g/mol. The lowest BCUT2D eigenvalue weighted by atomic mass is 9.79. The van der Waals surface area contributed by atoms with Crippen LogP contribution in [0, 0.1) is 0 Å². The third-order valence-electron chi connectivity index (χ3n) is 5.94. The summed E-state index contributed by atoms with van der Waals surface area (Å²) in [4.78, 5) is 32.5. The van der Waals surface area contributed by atoms with E-state index >= 15 is 0 Å². The Morgan fingerprint density at radius 2 is 1.77 bits per heavy atom. The van der Waals surface area contributed by atoms with Crippen molar-refractivity contribution in [3.8, 4) is 11.5 Å². The van der Waals surface area contributed by atoms with Crippen molar-refractivity contribution >= 4 is 17.5 Å². The highest BCUT2D eigenvalue weighted by molar-refractivity contribution is 6.04. The van der Waals surface area contributed by atoms with E-state index in [2.05, 4.69) is 10.3 Å². The van der Waals surface area contributed by atoms with Crippen LogP contribution in [0.2, 0.25) is 0 Å². The molecule has 10 heteroatoms. The third kappa shape index (κ3) is 4.51. The van der Waals surface area contributed by atoms with Crippen molar-refractivity contribution in [3.63, 3.8) is 0 Å². The first kappa shape index (κ1) is 24.1. The molecular formula is C25H22F3N3O4. The first-order chi connectivity index (χ1) is 16.7. The fourth-order valence-corrected chi connectivity index (χ4v) is 4.29. The maximum atomic E-state index is 13.7. The Labute approximate surface area is 199 Å². The monoisotopic (exact) mass is 485 g/mol. The Morgan fingerprint density at radius 3 is 2.40 bits per heavy atom. The summed E-state index contributed by atoms with van der Waals surface area (Å²) in [6, 6.07) is 10.1. The highest BCUT2D eigenvalue weighted by Gasteiger charge is 2.44. The van der Waals surface area contributed by atoms with Crippen LogP contribution in [-0.2, 0) is 11.0 Å². The minimum Gasteiger partial charge on any atom is -0.493 e. The zero-order chi connectivity index (χ0) is 25.3. The quantitative estimate of drug-likeness (QED) is 0.568. The number of nitrogens with one attached hydrogen (secondary N) is 1. The molecule has 2 atom stereocenters. The lowest BCUT2D eigenvalue weighted by Crippen LogP contribution is -2.44. The van der Waals surface area contributed by atoms with E-state index in [4.69, 9.17) is 9.47 Å². The molecule has 2 heterocycles. The van der Waals surface area contributed by atoms with E-state index < -0.39 is 29.6 Å². The molecule has 0 radical (unpaired) electrons. The van der Waals surface area contributed by atoms with Crippen LogP contribution in [0.3, 0.4) is 0 Å². The number of hydrogen-bond donors (Lipinski definition) is 1. The number of carbonyl (C=O) groups is 2. The maximum Gasteiger partial charge on any atom is 0.416 e. The molecule has 3 aromatic rings. The van der Waals surface area contributed by atoms with E-state index in [1.807, 2.05) is 0 Å². The number of benzene rings is 2. The Balaban J connectivity index is 1.85. The van der Waals surface area contributed by atoms with E-state index in [0.29, 0.717) is 22.6 Å². The van der Waals surface area contributed by atoms with Gasteiger partial charge in [0, 0.05) is 30.7 Å². The zero-order valence-electron chi connectivity index (χ0n) is 19.1. The molecule has 0 bridgehead atoms. The summed E-state index contributed by atoms with van der Waals surface area (Å²) in [5.41, 5.74) is 0.282. The molecule has 0 aliphatic carbocycles. The number of halogens is 3. The fraction of sp³-hybridized carbons (Fsp3) is 0.240. The van der Waals surface area contributed by atoms with Crippen LogP contribution in [0.5, 0.6) is 11.5 Å². The summed E-state index contributed by atoms with van der Waals surface area (Å²) in [6.45, 7) is 0. The molecule has 2 unspecified atom stereocenters. The van der Waals surface area contributed by atoms with Crippen molar-refractivity contribution in [2.24, 2.45) is 0 Å². The summed E-state index contributed by atoms with van der Waals surface area (Å²) < 4.78 is 50.3. The Bertz CT molecular complexity index is 1260. The van der Waals surface area contributed by atoms with Gasteiger partial charge >= 0.3 is 6.18 Å². The normalized spacial score (nSPS) is 17.5. The van der Waals surface area contributed by atoms with Gasteiger partial charge in [0.25, 0.3) is 5.91 Å². The number of fused-ring (bicyclic) bond motifs is 1. The average Bonchev–Trinajstić information content (AvgIpc) is 2.85. The van der Waals surface area contributed by atoms with E-state index in [0.717, 1.165) is 12.1 Å². The van der Waals surface area contributed by atoms with Gasteiger partial charge in [0.15, 0.2) is 11.5 Å². The van der Waals surface area contributed by atoms with Crippen LogP contribution >= 0.6 is 0 Å². The lowest BCUT2D eigenvalue weighted by molar-refractivity contribution is -0.137. The number of aromatic nitrogens is 1. The van der Waals surface area contributed by atoms with E-state index in [-0.39, 0.29) is 17.2 Å². The molecule has 35 heavy (non-hydrogen) atoms. The summed E-state index contributed by atoms with van der Waals surface area (Å²) in [7, 11) is 4.42. The smallest absolute Gasteiger partial charge is 0.416 e. The van der Waals surface area contributed by atoms with E-state index in [1.165, 1.54) is 37.3 Å². The molecular weight excluding hydrogens is 463 g/mol. The first-order valence-electron chi connectivity index (χ1n) is 10.6. The van der Waals surface area contributed by atoms with Crippen LogP contribution in [0.25, 0.3) is 0 Å². The number of rotatable bonds is 5. The van der Waals surface area contributed by atoms with Gasteiger partial charge in [-0.25, -0.2) is 0 Å². The van der Waals surface area contributed by atoms with E-state index in [9.17, 15) is 22.8 Å². The van der Waals surface area contributed by atoms with Crippen molar-refractivity contribution in [1.29, 1.82) is 0 Å². The number of carbonyl (C=O) groups excluding carboxylic acids is 2. The number of nitrogens with zero attached hydrogens (tertiary/aromatic N) is 2. The summed E-state index contributed by atoms with van der Waals surface area (Å²) in [6.07, 6.45) is -1.45.